The molecule has 2 unspecified atom stereocenters. The first-order chi connectivity index (χ1) is 32.6. The average Bonchev–Trinajstić information content (AvgIpc) is 3.29. The molecular formula is C58H93NO8. The summed E-state index contributed by atoms with van der Waals surface area (Å²) in [5.41, 5.74) is 0. The third-order valence-electron chi connectivity index (χ3n) is 10.2. The fourth-order valence-corrected chi connectivity index (χ4v) is 6.29. The van der Waals surface area contributed by atoms with Crippen LogP contribution < -0.4 is 5.11 Å². The minimum Gasteiger partial charge on any atom is -0.545 e. The minimum absolute atomic E-state index is 0.132. The summed E-state index contributed by atoms with van der Waals surface area (Å²) >= 11 is 0. The Morgan fingerprint density at radius 1 is 0.448 bits per heavy atom. The number of likely N-dealkylation sites (N-methyl/N-ethyl adjacent to an activating group) is 1. The highest BCUT2D eigenvalue weighted by Crippen LogP contribution is 2.13. The first kappa shape index (κ1) is 62.7. The second-order valence-electron chi connectivity index (χ2n) is 17.7. The molecule has 0 spiro atoms. The monoisotopic (exact) mass is 932 g/mol. The normalized spacial score (nSPS) is 13.9. The molecule has 0 aromatic rings. The van der Waals surface area contributed by atoms with Crippen LogP contribution in [-0.4, -0.2) is 82.3 Å². The van der Waals surface area contributed by atoms with Crippen molar-refractivity contribution >= 4 is 17.9 Å². The molecule has 67 heavy (non-hydrogen) atoms. The van der Waals surface area contributed by atoms with Crippen molar-refractivity contribution in [1.82, 2.24) is 0 Å². The minimum atomic E-state index is -1.64. The Kier molecular flexibility index (Phi) is 45.1. The molecule has 0 radical (unpaired) electrons. The van der Waals surface area contributed by atoms with E-state index in [-0.39, 0.29) is 32.7 Å². The Morgan fingerprint density at radius 2 is 0.806 bits per heavy atom. The summed E-state index contributed by atoms with van der Waals surface area (Å²) in [4.78, 5) is 37.2. The molecule has 0 aliphatic carbocycles. The highest BCUT2D eigenvalue weighted by molar-refractivity contribution is 5.70. The Labute approximate surface area is 408 Å². The molecule has 0 amide bonds. The lowest BCUT2D eigenvalue weighted by molar-refractivity contribution is -0.870. The quantitative estimate of drug-likeness (QED) is 0.0195. The zero-order valence-electron chi connectivity index (χ0n) is 42.7. The number of ether oxygens (including phenoxy) is 4. The van der Waals surface area contributed by atoms with Gasteiger partial charge >= 0.3 is 11.9 Å². The van der Waals surface area contributed by atoms with Crippen molar-refractivity contribution < 1.29 is 42.9 Å². The second-order valence-corrected chi connectivity index (χ2v) is 17.7. The van der Waals surface area contributed by atoms with Crippen molar-refractivity contribution in [3.8, 4) is 0 Å². The fraction of sp³-hybridized carbons (Fsp3) is 0.603. The number of nitrogens with zero attached hydrogens (tertiary/aromatic N) is 1. The van der Waals surface area contributed by atoms with Gasteiger partial charge in [0.15, 0.2) is 12.4 Å². The maximum Gasteiger partial charge on any atom is 0.306 e. The van der Waals surface area contributed by atoms with Crippen LogP contribution in [0.25, 0.3) is 0 Å². The number of hydrogen-bond acceptors (Lipinski definition) is 8. The molecule has 378 valence electrons. The molecule has 0 saturated carbocycles. The van der Waals surface area contributed by atoms with Crippen LogP contribution in [0.15, 0.2) is 122 Å². The number of carboxylic acids is 1. The van der Waals surface area contributed by atoms with Crippen LogP contribution in [-0.2, 0) is 33.3 Å². The summed E-state index contributed by atoms with van der Waals surface area (Å²) in [5, 5.41) is 11.7. The molecule has 0 aliphatic heterocycles. The molecule has 0 N–H and O–H groups in total. The number of carbonyl (C=O) groups excluding carboxylic acids is 3. The smallest absolute Gasteiger partial charge is 0.306 e. The lowest BCUT2D eigenvalue weighted by Crippen LogP contribution is -2.44. The van der Waals surface area contributed by atoms with Crippen molar-refractivity contribution in [1.29, 1.82) is 0 Å². The van der Waals surface area contributed by atoms with Crippen molar-refractivity contribution in [2.45, 2.75) is 180 Å². The molecule has 0 saturated heterocycles. The number of esters is 2. The van der Waals surface area contributed by atoms with Gasteiger partial charge in [-0.15, -0.1) is 0 Å². The van der Waals surface area contributed by atoms with E-state index >= 15 is 0 Å². The molecule has 0 aromatic heterocycles. The Bertz CT molecular complexity index is 1510. The Morgan fingerprint density at radius 3 is 1.21 bits per heavy atom. The average molecular weight is 932 g/mol. The van der Waals surface area contributed by atoms with Gasteiger partial charge in [0.25, 0.3) is 0 Å². The van der Waals surface area contributed by atoms with E-state index < -0.39 is 30.3 Å². The van der Waals surface area contributed by atoms with Gasteiger partial charge in [-0.05, 0) is 103 Å². The van der Waals surface area contributed by atoms with E-state index in [1.165, 1.54) is 19.3 Å². The van der Waals surface area contributed by atoms with Gasteiger partial charge in [-0.3, -0.25) is 9.59 Å². The van der Waals surface area contributed by atoms with Gasteiger partial charge in [-0.25, -0.2) is 0 Å². The summed E-state index contributed by atoms with van der Waals surface area (Å²) in [6, 6.07) is 0. The van der Waals surface area contributed by atoms with Gasteiger partial charge in [0.1, 0.15) is 13.2 Å². The van der Waals surface area contributed by atoms with Crippen LogP contribution in [0.1, 0.15) is 168 Å². The molecule has 0 aliphatic rings. The number of allylic oxidation sites excluding steroid dienone is 20. The standard InChI is InChI=1S/C58H93NO8/c1-6-8-10-12-14-16-18-20-22-24-26-27-28-29-31-33-35-37-39-41-43-45-47-49-56(61)67-54(53-66-58(57(62)63)64-51-50-59(3,4)5)52-65-55(60)48-46-44-42-40-38-36-34-32-30-25-23-21-19-17-15-13-11-9-7-2/h8-11,14-17,20-23,26-27,29-32,36,38,54,58H,6-7,12-13,18-19,24-25,28,33-35,37,39-53H2,1-5H3/b10-8-,11-9-,16-14-,17-15-,22-20-,23-21-,27-26-,31-29-,32-30-,38-36-. The number of quaternary nitrogens is 1. The van der Waals surface area contributed by atoms with E-state index in [9.17, 15) is 19.5 Å². The van der Waals surface area contributed by atoms with Crippen LogP contribution in [0.5, 0.6) is 0 Å². The molecule has 0 rings (SSSR count). The van der Waals surface area contributed by atoms with Crippen LogP contribution in [0.3, 0.4) is 0 Å². The molecule has 0 bridgehead atoms. The number of rotatable bonds is 45. The number of carboxylic acid groups (broad SMARTS) is 1. The zero-order valence-corrected chi connectivity index (χ0v) is 42.7. The zero-order chi connectivity index (χ0) is 49.2. The predicted molar refractivity (Wildman–Crippen MR) is 278 cm³/mol. The molecular weight excluding hydrogens is 839 g/mol. The van der Waals surface area contributed by atoms with E-state index in [1.54, 1.807) is 0 Å². The topological polar surface area (TPSA) is 111 Å². The summed E-state index contributed by atoms with van der Waals surface area (Å²) < 4.78 is 22.6. The van der Waals surface area contributed by atoms with Crippen molar-refractivity contribution in [2.75, 3.05) is 47.5 Å². The number of unbranched alkanes of at least 4 members (excludes halogenated alkanes) is 10. The van der Waals surface area contributed by atoms with E-state index in [2.05, 4.69) is 135 Å². The first-order valence-corrected chi connectivity index (χ1v) is 25.7. The first-order valence-electron chi connectivity index (χ1n) is 25.7. The summed E-state index contributed by atoms with van der Waals surface area (Å²) in [5.74, 6) is -2.36. The van der Waals surface area contributed by atoms with Gasteiger partial charge in [-0.1, -0.05) is 174 Å². The van der Waals surface area contributed by atoms with Gasteiger partial charge in [0.05, 0.1) is 40.3 Å². The largest absolute Gasteiger partial charge is 0.545 e. The third kappa shape index (κ3) is 49.4. The molecule has 0 heterocycles. The van der Waals surface area contributed by atoms with Crippen LogP contribution >= 0.6 is 0 Å². The third-order valence-corrected chi connectivity index (χ3v) is 10.2. The fourth-order valence-electron chi connectivity index (χ4n) is 6.29. The Balaban J connectivity index is 4.45. The molecule has 9 heteroatoms. The number of hydrogen-bond donors (Lipinski definition) is 0. The molecule has 0 fully saturated rings. The highest BCUT2D eigenvalue weighted by Gasteiger charge is 2.21. The maximum absolute atomic E-state index is 12.8. The van der Waals surface area contributed by atoms with E-state index in [1.807, 2.05) is 21.1 Å². The molecule has 9 nitrogen and oxygen atoms in total. The van der Waals surface area contributed by atoms with Gasteiger partial charge < -0.3 is 33.3 Å². The van der Waals surface area contributed by atoms with Crippen molar-refractivity contribution in [2.24, 2.45) is 0 Å². The van der Waals surface area contributed by atoms with Gasteiger partial charge in [-0.2, -0.15) is 0 Å². The predicted octanol–water partition coefficient (Wildman–Crippen LogP) is 13.2. The van der Waals surface area contributed by atoms with Gasteiger partial charge in [0, 0.05) is 12.8 Å². The van der Waals surface area contributed by atoms with E-state index in [4.69, 9.17) is 18.9 Å². The van der Waals surface area contributed by atoms with Crippen LogP contribution in [0.4, 0.5) is 0 Å². The highest BCUT2D eigenvalue weighted by atomic mass is 16.7. The summed E-state index contributed by atoms with van der Waals surface area (Å²) in [6.45, 7) is 4.43. The van der Waals surface area contributed by atoms with Crippen molar-refractivity contribution in [3.63, 3.8) is 0 Å². The van der Waals surface area contributed by atoms with Gasteiger partial charge in [0.2, 0.25) is 0 Å². The Hall–Kier alpha value is -4.31. The molecule has 0 aromatic carbocycles. The maximum atomic E-state index is 12.8. The van der Waals surface area contributed by atoms with Crippen molar-refractivity contribution in [3.05, 3.63) is 122 Å². The van der Waals surface area contributed by atoms with Crippen LogP contribution in [0, 0.1) is 0 Å². The second kappa shape index (κ2) is 48.2. The van der Waals surface area contributed by atoms with E-state index in [0.29, 0.717) is 23.9 Å². The lowest BCUT2D eigenvalue weighted by atomic mass is 10.1. The molecule has 2 atom stereocenters. The lowest BCUT2D eigenvalue weighted by Gasteiger charge is -2.26. The summed E-state index contributed by atoms with van der Waals surface area (Å²) in [7, 11) is 5.89. The summed E-state index contributed by atoms with van der Waals surface area (Å²) in [6.07, 6.45) is 63.7. The SMILES string of the molecule is CC/C=C\C/C=C\C/C=C\C/C=C\C/C=C\CCCCCCCCCC(=O)OC(COC(=O)CCCCC/C=C\C/C=C\C/C=C\C/C=C\C/C=C\CC)COC(OCC[N+](C)(C)C)C(=O)[O-]. The van der Waals surface area contributed by atoms with E-state index in [0.717, 1.165) is 109 Å². The van der Waals surface area contributed by atoms with Crippen LogP contribution in [0.2, 0.25) is 0 Å². The number of carbonyl (C=O) groups is 3. The number of aliphatic carboxylic acids is 1.